The Hall–Kier alpha value is -1.33. The van der Waals surface area contributed by atoms with Gasteiger partial charge < -0.3 is 4.74 Å². The van der Waals surface area contributed by atoms with Gasteiger partial charge in [-0.15, -0.1) is 0 Å². The molecule has 0 N–H and O–H groups in total. The summed E-state index contributed by atoms with van der Waals surface area (Å²) < 4.78 is 5.34. The van der Waals surface area contributed by atoms with Gasteiger partial charge in [-0.1, -0.05) is 24.3 Å². The summed E-state index contributed by atoms with van der Waals surface area (Å²) in [5.74, 6) is 0. The van der Waals surface area contributed by atoms with Crippen LogP contribution in [0.25, 0.3) is 0 Å². The zero-order valence-corrected chi connectivity index (χ0v) is 10.6. The highest BCUT2D eigenvalue weighted by molar-refractivity contribution is 5.41. The Labute approximate surface area is 103 Å². The molecule has 1 aromatic rings. The van der Waals surface area contributed by atoms with Crippen molar-refractivity contribution in [3.8, 4) is 6.07 Å². The Balaban J connectivity index is 2.40. The number of hydrogen-bond acceptors (Lipinski definition) is 2. The van der Waals surface area contributed by atoms with Crippen molar-refractivity contribution < 1.29 is 4.74 Å². The topological polar surface area (TPSA) is 33.0 Å². The normalized spacial score (nSPS) is 24.8. The van der Waals surface area contributed by atoms with Crippen molar-refractivity contribution >= 4 is 0 Å². The van der Waals surface area contributed by atoms with Gasteiger partial charge in [0.2, 0.25) is 0 Å². The van der Waals surface area contributed by atoms with Crippen LogP contribution in [0.5, 0.6) is 0 Å². The third kappa shape index (κ3) is 2.21. The van der Waals surface area contributed by atoms with Gasteiger partial charge in [0.15, 0.2) is 0 Å². The van der Waals surface area contributed by atoms with Crippen molar-refractivity contribution in [2.24, 2.45) is 0 Å². The third-order valence-corrected chi connectivity index (χ3v) is 3.83. The molecule has 2 rings (SSSR count). The molecule has 0 amide bonds. The lowest BCUT2D eigenvalue weighted by Gasteiger charge is -2.34. The molecule has 0 spiro atoms. The fraction of sp³-hybridized carbons (Fsp3) is 0.533. The van der Waals surface area contributed by atoms with Crippen LogP contribution >= 0.6 is 0 Å². The van der Waals surface area contributed by atoms with E-state index in [2.05, 4.69) is 24.3 Å². The van der Waals surface area contributed by atoms with Gasteiger partial charge in [-0.2, -0.15) is 5.26 Å². The number of nitrogens with zero attached hydrogens (tertiary/aromatic N) is 1. The first-order chi connectivity index (χ1) is 8.22. The number of fused-ring (bicyclic) bond motifs is 1. The van der Waals surface area contributed by atoms with Gasteiger partial charge in [-0.25, -0.2) is 0 Å². The monoisotopic (exact) mass is 229 g/mol. The lowest BCUT2D eigenvalue weighted by Crippen LogP contribution is -2.33. The summed E-state index contributed by atoms with van der Waals surface area (Å²) in [6.45, 7) is 2.04. The molecule has 90 valence electrons. The van der Waals surface area contributed by atoms with Crippen LogP contribution in [0.15, 0.2) is 24.3 Å². The number of aryl methyl sites for hydroxylation is 1. The molecule has 2 heteroatoms. The fourth-order valence-electron chi connectivity index (χ4n) is 2.87. The predicted molar refractivity (Wildman–Crippen MR) is 67.8 cm³/mol. The average molecular weight is 229 g/mol. The second kappa shape index (κ2) is 4.89. The highest BCUT2D eigenvalue weighted by Gasteiger charge is 2.37. The van der Waals surface area contributed by atoms with Crippen LogP contribution in [0.3, 0.4) is 0 Å². The summed E-state index contributed by atoms with van der Waals surface area (Å²) in [4.78, 5) is 0. The summed E-state index contributed by atoms with van der Waals surface area (Å²) in [6.07, 6.45) is 4.06. The van der Waals surface area contributed by atoms with E-state index >= 15 is 0 Å². The molecule has 2 unspecified atom stereocenters. The van der Waals surface area contributed by atoms with Crippen LogP contribution in [-0.2, 0) is 16.6 Å². The molecule has 0 fully saturated rings. The second-order valence-electron chi connectivity index (χ2n) is 4.96. The van der Waals surface area contributed by atoms with E-state index in [4.69, 9.17) is 4.74 Å². The van der Waals surface area contributed by atoms with Crippen LogP contribution in [-0.4, -0.2) is 13.2 Å². The first-order valence-electron chi connectivity index (χ1n) is 6.24. The Kier molecular flexibility index (Phi) is 3.49. The molecule has 17 heavy (non-hydrogen) atoms. The van der Waals surface area contributed by atoms with Crippen molar-refractivity contribution in [3.05, 3.63) is 35.4 Å². The Morgan fingerprint density at radius 3 is 2.94 bits per heavy atom. The minimum absolute atomic E-state index is 0.126. The van der Waals surface area contributed by atoms with E-state index < -0.39 is 0 Å². The molecule has 0 bridgehead atoms. The summed E-state index contributed by atoms with van der Waals surface area (Å²) in [7, 11) is 1.71. The minimum Gasteiger partial charge on any atom is -0.382 e. The van der Waals surface area contributed by atoms with E-state index in [1.165, 1.54) is 11.1 Å². The summed E-state index contributed by atoms with van der Waals surface area (Å²) in [5, 5.41) is 9.63. The fourth-order valence-corrected chi connectivity index (χ4v) is 2.87. The molecule has 2 nitrogen and oxygen atoms in total. The van der Waals surface area contributed by atoms with Gasteiger partial charge in [0.25, 0.3) is 0 Å². The van der Waals surface area contributed by atoms with E-state index in [1.54, 1.807) is 7.11 Å². The molecule has 0 aliphatic heterocycles. The zero-order chi connectivity index (χ0) is 12.3. The third-order valence-electron chi connectivity index (χ3n) is 3.83. The maximum absolute atomic E-state index is 9.63. The molecule has 0 aromatic heterocycles. The first-order valence-corrected chi connectivity index (χ1v) is 6.24. The SMILES string of the molecule is COC(C)CC1(C#N)CCCc2ccccc21. The number of benzene rings is 1. The number of nitriles is 1. The van der Waals surface area contributed by atoms with Crippen LogP contribution < -0.4 is 0 Å². The number of hydrogen-bond donors (Lipinski definition) is 0. The van der Waals surface area contributed by atoms with Gasteiger partial charge >= 0.3 is 0 Å². The summed E-state index contributed by atoms with van der Waals surface area (Å²) in [5.41, 5.74) is 2.21. The van der Waals surface area contributed by atoms with Crippen LogP contribution in [0.2, 0.25) is 0 Å². The smallest absolute Gasteiger partial charge is 0.0849 e. The average Bonchev–Trinajstić information content (AvgIpc) is 2.39. The molecular formula is C15H19NO. The minimum atomic E-state index is -0.343. The van der Waals surface area contributed by atoms with Crippen molar-refractivity contribution in [2.75, 3.05) is 7.11 Å². The second-order valence-corrected chi connectivity index (χ2v) is 4.96. The van der Waals surface area contributed by atoms with Gasteiger partial charge in [-0.3, -0.25) is 0 Å². The van der Waals surface area contributed by atoms with E-state index in [-0.39, 0.29) is 11.5 Å². The van der Waals surface area contributed by atoms with Crippen LogP contribution in [0.4, 0.5) is 0 Å². The van der Waals surface area contributed by atoms with Gasteiger partial charge in [0.1, 0.15) is 0 Å². The van der Waals surface area contributed by atoms with Crippen molar-refractivity contribution in [1.29, 1.82) is 5.26 Å². The largest absolute Gasteiger partial charge is 0.382 e. The van der Waals surface area contributed by atoms with Crippen molar-refractivity contribution in [1.82, 2.24) is 0 Å². The lowest BCUT2D eigenvalue weighted by molar-refractivity contribution is 0.0925. The molecule has 1 aliphatic carbocycles. The molecular weight excluding hydrogens is 210 g/mol. The maximum atomic E-state index is 9.63. The molecule has 1 aromatic carbocycles. The molecule has 0 radical (unpaired) electrons. The predicted octanol–water partition coefficient (Wildman–Crippen LogP) is 3.21. The van der Waals surface area contributed by atoms with E-state index in [1.807, 2.05) is 13.0 Å². The first kappa shape index (κ1) is 12.1. The summed E-state index contributed by atoms with van der Waals surface area (Å²) in [6, 6.07) is 10.9. The van der Waals surface area contributed by atoms with E-state index in [0.717, 1.165) is 25.7 Å². The van der Waals surface area contributed by atoms with Gasteiger partial charge in [-0.05, 0) is 43.7 Å². The number of methoxy groups -OCH3 is 1. The van der Waals surface area contributed by atoms with E-state index in [0.29, 0.717) is 0 Å². The quantitative estimate of drug-likeness (QED) is 0.797. The Bertz CT molecular complexity index is 435. The molecule has 0 saturated carbocycles. The van der Waals surface area contributed by atoms with Gasteiger partial charge in [0, 0.05) is 7.11 Å². The molecule has 2 atom stereocenters. The molecule has 1 aliphatic rings. The highest BCUT2D eigenvalue weighted by atomic mass is 16.5. The standard InChI is InChI=1S/C15H19NO/c1-12(17-2)10-15(11-16)9-5-7-13-6-3-4-8-14(13)15/h3-4,6,8,12H,5,7,9-10H2,1-2H3. The van der Waals surface area contributed by atoms with Crippen molar-refractivity contribution in [2.45, 2.75) is 44.1 Å². The Morgan fingerprint density at radius 2 is 2.24 bits per heavy atom. The van der Waals surface area contributed by atoms with Crippen molar-refractivity contribution in [3.63, 3.8) is 0 Å². The maximum Gasteiger partial charge on any atom is 0.0849 e. The molecule has 0 heterocycles. The Morgan fingerprint density at radius 1 is 1.47 bits per heavy atom. The highest BCUT2D eigenvalue weighted by Crippen LogP contribution is 2.40. The molecule has 0 saturated heterocycles. The zero-order valence-electron chi connectivity index (χ0n) is 10.6. The van der Waals surface area contributed by atoms with Crippen LogP contribution in [0, 0.1) is 11.3 Å². The number of ether oxygens (including phenoxy) is 1. The van der Waals surface area contributed by atoms with Crippen LogP contribution in [0.1, 0.15) is 37.3 Å². The van der Waals surface area contributed by atoms with Gasteiger partial charge in [0.05, 0.1) is 17.6 Å². The summed E-state index contributed by atoms with van der Waals surface area (Å²) >= 11 is 0. The number of rotatable bonds is 3. The van der Waals surface area contributed by atoms with E-state index in [9.17, 15) is 5.26 Å². The lowest BCUT2D eigenvalue weighted by atomic mass is 9.68.